The lowest BCUT2D eigenvalue weighted by Crippen LogP contribution is -2.54. The molecule has 0 saturated heterocycles. The van der Waals surface area contributed by atoms with Crippen LogP contribution in [0.4, 0.5) is 0 Å². The fraction of sp³-hybridized carbons (Fsp3) is 0.0400. The van der Waals surface area contributed by atoms with Crippen LogP contribution < -0.4 is 10.9 Å². The lowest BCUT2D eigenvalue weighted by Gasteiger charge is -2.42. The first-order valence-electron chi connectivity index (χ1n) is 18.4. The summed E-state index contributed by atoms with van der Waals surface area (Å²) in [6.45, 7) is -0.0296. The highest BCUT2D eigenvalue weighted by Crippen LogP contribution is 2.57. The van der Waals surface area contributed by atoms with Gasteiger partial charge in [0.1, 0.15) is 0 Å². The van der Waals surface area contributed by atoms with Crippen molar-refractivity contribution in [1.82, 2.24) is 4.48 Å². The molecule has 1 aliphatic heterocycles. The topological polar surface area (TPSA) is 4.93 Å². The molecule has 252 valence electrons. The molecule has 0 fully saturated rings. The molecule has 0 aliphatic carbocycles. The zero-order valence-corrected chi connectivity index (χ0v) is 30.7. The van der Waals surface area contributed by atoms with Crippen LogP contribution in [-0.4, -0.2) is 23.8 Å². The highest BCUT2D eigenvalue weighted by molar-refractivity contribution is 8.33. The molecule has 1 aliphatic rings. The molecule has 0 bridgehead atoms. The maximum absolute atomic E-state index is 2.73. The molecule has 0 N–H and O–H groups in total. The minimum Gasteiger partial charge on any atom is -0.375 e. The Morgan fingerprint density at radius 1 is 0.358 bits per heavy atom. The van der Waals surface area contributed by atoms with Crippen LogP contribution in [0.25, 0.3) is 66.3 Å². The predicted octanol–water partition coefficient (Wildman–Crippen LogP) is 11.9. The highest BCUT2D eigenvalue weighted by atomic mass is 32.3. The molecule has 0 saturated carbocycles. The van der Waals surface area contributed by atoms with Crippen LogP contribution in [0.1, 0.15) is 0 Å². The molecule has 2 heterocycles. The van der Waals surface area contributed by atoms with Gasteiger partial charge in [-0.2, -0.15) is 10.0 Å². The Balaban J connectivity index is 1.45. The van der Waals surface area contributed by atoms with E-state index in [1.165, 1.54) is 87.0 Å². The third-order valence-electron chi connectivity index (χ3n) is 11.2. The van der Waals surface area contributed by atoms with Gasteiger partial charge in [0.2, 0.25) is 0 Å². The number of rotatable bonds is 5. The molecular weight excluding hydrogens is 657 g/mol. The van der Waals surface area contributed by atoms with Crippen molar-refractivity contribution in [3.63, 3.8) is 0 Å². The maximum atomic E-state index is 2.73. The van der Waals surface area contributed by atoms with Crippen LogP contribution in [0.15, 0.2) is 204 Å². The second-order valence-corrected chi connectivity index (χ2v) is 18.0. The summed E-state index contributed by atoms with van der Waals surface area (Å²) in [5, 5.41) is 2.53. The van der Waals surface area contributed by atoms with Gasteiger partial charge < -0.3 is 4.48 Å². The van der Waals surface area contributed by atoms with E-state index in [0.717, 1.165) is 0 Å². The number of nitrogens with zero attached hydrogens (tertiary/aromatic N) is 1. The molecule has 9 aromatic rings. The van der Waals surface area contributed by atoms with Crippen LogP contribution in [-0.2, 0) is 0 Å². The standard InChI is InChI=1S/C50H38BNS/c1-53(2)47-29-17-15-27-45(47)51(46-28-16-18-30-48(46)53)52-49-41(37-23-11-5-12-24-37)31-39(35-19-7-3-8-20-35)33-43(49)44-34-40(36-21-9-4-10-22-36)32-42(50(44)52)38-25-13-6-14-26-38/h3-34H,1-2H3. The van der Waals surface area contributed by atoms with E-state index in [2.05, 4.69) is 211 Å². The van der Waals surface area contributed by atoms with E-state index >= 15 is 0 Å². The normalized spacial score (nSPS) is 13.8. The van der Waals surface area contributed by atoms with Gasteiger partial charge in [-0.3, -0.25) is 0 Å². The summed E-state index contributed by atoms with van der Waals surface area (Å²) < 4.78 is 2.73. The first-order chi connectivity index (χ1) is 26.1. The van der Waals surface area contributed by atoms with Crippen LogP contribution >= 0.6 is 10.0 Å². The van der Waals surface area contributed by atoms with Gasteiger partial charge in [-0.15, -0.1) is 0 Å². The second kappa shape index (κ2) is 12.6. The van der Waals surface area contributed by atoms with Crippen molar-refractivity contribution in [3.8, 4) is 44.5 Å². The first kappa shape index (κ1) is 31.7. The molecule has 1 nitrogen and oxygen atoms in total. The lowest BCUT2D eigenvalue weighted by atomic mass is 9.49. The van der Waals surface area contributed by atoms with Crippen molar-refractivity contribution in [1.29, 1.82) is 0 Å². The Morgan fingerprint density at radius 2 is 0.698 bits per heavy atom. The van der Waals surface area contributed by atoms with Crippen molar-refractivity contribution in [2.75, 3.05) is 12.5 Å². The van der Waals surface area contributed by atoms with Crippen molar-refractivity contribution < 1.29 is 0 Å². The average Bonchev–Trinajstić information content (AvgIpc) is 3.55. The Morgan fingerprint density at radius 3 is 1.09 bits per heavy atom. The quantitative estimate of drug-likeness (QED) is 0.158. The van der Waals surface area contributed by atoms with Gasteiger partial charge >= 0.3 is 6.85 Å². The molecule has 0 spiro atoms. The second-order valence-electron chi connectivity index (χ2n) is 14.5. The molecule has 0 atom stereocenters. The van der Waals surface area contributed by atoms with Crippen molar-refractivity contribution in [2.24, 2.45) is 0 Å². The van der Waals surface area contributed by atoms with E-state index in [0.29, 0.717) is 0 Å². The minimum absolute atomic E-state index is 0.0296. The van der Waals surface area contributed by atoms with E-state index in [1.54, 1.807) is 0 Å². The number of hydrogen-bond acceptors (Lipinski definition) is 0. The van der Waals surface area contributed by atoms with E-state index in [-0.39, 0.29) is 6.85 Å². The smallest absolute Gasteiger partial charge is 0.330 e. The summed E-state index contributed by atoms with van der Waals surface area (Å²) in [4.78, 5) is 2.92. The third kappa shape index (κ3) is 5.10. The van der Waals surface area contributed by atoms with Gasteiger partial charge in [0.25, 0.3) is 0 Å². The maximum Gasteiger partial charge on any atom is 0.330 e. The monoisotopic (exact) mass is 695 g/mol. The van der Waals surface area contributed by atoms with Crippen LogP contribution in [0.5, 0.6) is 0 Å². The summed E-state index contributed by atoms with van der Waals surface area (Å²) in [6.07, 6.45) is 4.94. The molecule has 0 unspecified atom stereocenters. The van der Waals surface area contributed by atoms with E-state index < -0.39 is 10.0 Å². The first-order valence-corrected chi connectivity index (χ1v) is 20.8. The van der Waals surface area contributed by atoms with E-state index in [4.69, 9.17) is 0 Å². The van der Waals surface area contributed by atoms with E-state index in [1.807, 2.05) is 0 Å². The Kier molecular flexibility index (Phi) is 7.52. The van der Waals surface area contributed by atoms with Crippen molar-refractivity contribution in [3.05, 3.63) is 194 Å². The van der Waals surface area contributed by atoms with E-state index in [9.17, 15) is 0 Å². The van der Waals surface area contributed by atoms with Gasteiger partial charge in [0.15, 0.2) is 0 Å². The third-order valence-corrected chi connectivity index (χ3v) is 14.1. The molecular formula is C50H38BNS. The average molecular weight is 696 g/mol. The number of hydrogen-bond donors (Lipinski definition) is 0. The summed E-state index contributed by atoms with van der Waals surface area (Å²) >= 11 is 0. The Hall–Kier alpha value is -6.03. The molecule has 3 heteroatoms. The van der Waals surface area contributed by atoms with Crippen LogP contribution in [0.3, 0.4) is 0 Å². The van der Waals surface area contributed by atoms with Gasteiger partial charge in [0.05, 0.1) is 0 Å². The zero-order chi connectivity index (χ0) is 35.5. The number of benzene rings is 8. The van der Waals surface area contributed by atoms with Crippen molar-refractivity contribution >= 4 is 49.6 Å². The molecule has 10 rings (SSSR count). The lowest BCUT2D eigenvalue weighted by molar-refractivity contribution is 1.29. The summed E-state index contributed by atoms with van der Waals surface area (Å²) in [6, 6.07) is 72.0. The summed E-state index contributed by atoms with van der Waals surface area (Å²) in [7, 11) is -1.26. The van der Waals surface area contributed by atoms with Crippen molar-refractivity contribution in [2.45, 2.75) is 9.79 Å². The summed E-state index contributed by atoms with van der Waals surface area (Å²) in [5.41, 5.74) is 15.1. The number of aromatic nitrogens is 1. The molecule has 1 aromatic heterocycles. The van der Waals surface area contributed by atoms with Gasteiger partial charge in [-0.1, -0.05) is 170 Å². The van der Waals surface area contributed by atoms with Crippen LogP contribution in [0, 0.1) is 0 Å². The fourth-order valence-electron chi connectivity index (χ4n) is 8.75. The highest BCUT2D eigenvalue weighted by Gasteiger charge is 2.40. The SMILES string of the molecule is CS1(C)c2ccccc2B(n2c3c(-c4ccccc4)cc(-c4ccccc4)cc3c3cc(-c4ccccc4)cc(-c4ccccc4)c32)c2ccccc21. The summed E-state index contributed by atoms with van der Waals surface area (Å²) in [5.74, 6) is 0. The fourth-order valence-corrected chi connectivity index (χ4v) is 11.4. The molecule has 0 radical (unpaired) electrons. The molecule has 8 aromatic carbocycles. The number of fused-ring (bicyclic) bond motifs is 5. The Bertz CT molecular complexity index is 2600. The van der Waals surface area contributed by atoms with Gasteiger partial charge in [-0.25, -0.2) is 0 Å². The largest absolute Gasteiger partial charge is 0.375 e. The van der Waals surface area contributed by atoms with Gasteiger partial charge in [0, 0.05) is 32.9 Å². The predicted molar refractivity (Wildman–Crippen MR) is 230 cm³/mol. The van der Waals surface area contributed by atoms with Crippen LogP contribution in [0.2, 0.25) is 0 Å². The molecule has 0 amide bonds. The van der Waals surface area contributed by atoms with Gasteiger partial charge in [-0.05, 0) is 90.9 Å². The zero-order valence-electron chi connectivity index (χ0n) is 29.9. The Labute approximate surface area is 313 Å². The molecule has 53 heavy (non-hydrogen) atoms. The minimum atomic E-state index is -1.26.